The Hall–Kier alpha value is -2.57. The first kappa shape index (κ1) is 30.4. The van der Waals surface area contributed by atoms with Gasteiger partial charge in [0.25, 0.3) is 0 Å². The molecular formula is C28H41N5O5S2. The van der Waals surface area contributed by atoms with Gasteiger partial charge in [-0.15, -0.1) is 11.3 Å². The molecule has 1 saturated carbocycles. The summed E-state index contributed by atoms with van der Waals surface area (Å²) in [6.45, 7) is 8.72. The summed E-state index contributed by atoms with van der Waals surface area (Å²) in [5, 5.41) is 10.1. The Balaban J connectivity index is 1.62. The van der Waals surface area contributed by atoms with Gasteiger partial charge in [0.2, 0.25) is 21.9 Å². The quantitative estimate of drug-likeness (QED) is 0.495. The van der Waals surface area contributed by atoms with Crippen LogP contribution in [-0.4, -0.2) is 72.9 Å². The molecule has 0 spiro atoms. The highest BCUT2D eigenvalue weighted by atomic mass is 32.2. The zero-order valence-electron chi connectivity index (χ0n) is 24.3. The van der Waals surface area contributed by atoms with Crippen molar-refractivity contribution >= 4 is 44.9 Å². The van der Waals surface area contributed by atoms with E-state index < -0.39 is 16.0 Å². The maximum absolute atomic E-state index is 14.1. The van der Waals surface area contributed by atoms with Crippen molar-refractivity contribution in [3.05, 3.63) is 28.2 Å². The Morgan fingerprint density at radius 2 is 1.60 bits per heavy atom. The maximum atomic E-state index is 14.1. The molecule has 3 heterocycles. The highest BCUT2D eigenvalue weighted by Gasteiger charge is 2.39. The predicted octanol–water partition coefficient (Wildman–Crippen LogP) is 4.61. The number of thiophene rings is 1. The molecule has 1 N–H and O–H groups in total. The van der Waals surface area contributed by atoms with Gasteiger partial charge in [-0.3, -0.25) is 4.79 Å². The topological polar surface area (TPSA) is 124 Å². The second-order valence-electron chi connectivity index (χ2n) is 12.3. The van der Waals surface area contributed by atoms with Crippen LogP contribution in [0.2, 0.25) is 0 Å². The number of sulfonamides is 1. The van der Waals surface area contributed by atoms with E-state index in [-0.39, 0.29) is 46.1 Å². The third-order valence-electron chi connectivity index (χ3n) is 7.95. The molecule has 10 nitrogen and oxygen atoms in total. The number of nitrogens with zero attached hydrogens (tertiary/aromatic N) is 5. The minimum absolute atomic E-state index is 0.0293. The fourth-order valence-corrected chi connectivity index (χ4v) is 7.85. The van der Waals surface area contributed by atoms with Gasteiger partial charge in [-0.05, 0) is 55.9 Å². The summed E-state index contributed by atoms with van der Waals surface area (Å²) >= 11 is 1.22. The molecule has 220 valence electrons. The number of amides is 1. The first-order chi connectivity index (χ1) is 18.7. The molecule has 2 aromatic heterocycles. The third-order valence-corrected chi connectivity index (χ3v) is 11.3. The van der Waals surface area contributed by atoms with Gasteiger partial charge in [0.1, 0.15) is 9.77 Å². The van der Waals surface area contributed by atoms with E-state index in [2.05, 4.69) is 16.9 Å². The van der Waals surface area contributed by atoms with E-state index in [4.69, 9.17) is 0 Å². The van der Waals surface area contributed by atoms with Crippen LogP contribution in [0, 0.1) is 11.8 Å². The van der Waals surface area contributed by atoms with Crippen LogP contribution in [0.5, 0.6) is 0 Å². The summed E-state index contributed by atoms with van der Waals surface area (Å²) in [4.78, 5) is 39.3. The van der Waals surface area contributed by atoms with Crippen LogP contribution in [0.25, 0.3) is 0 Å². The van der Waals surface area contributed by atoms with Crippen LogP contribution >= 0.6 is 11.3 Å². The second-order valence-corrected chi connectivity index (χ2v) is 15.3. The van der Waals surface area contributed by atoms with Crippen molar-refractivity contribution in [3.8, 4) is 0 Å². The van der Waals surface area contributed by atoms with Gasteiger partial charge in [0, 0.05) is 44.0 Å². The lowest BCUT2D eigenvalue weighted by molar-refractivity contribution is -0.124. The molecule has 2 fully saturated rings. The smallest absolute Gasteiger partial charge is 0.348 e. The number of hydrogen-bond acceptors (Lipinski definition) is 8. The normalized spacial score (nSPS) is 21.2. The number of carboxylic acids is 1. The van der Waals surface area contributed by atoms with Crippen LogP contribution in [0.1, 0.15) is 80.8 Å². The Labute approximate surface area is 241 Å². The Kier molecular flexibility index (Phi) is 8.91. The minimum atomic E-state index is -3.81. The van der Waals surface area contributed by atoms with E-state index in [1.807, 2.05) is 26.8 Å². The summed E-state index contributed by atoms with van der Waals surface area (Å²) in [7, 11) is -0.246. The number of hydrogen-bond donors (Lipinski definition) is 1. The van der Waals surface area contributed by atoms with Gasteiger partial charge in [-0.1, -0.05) is 27.7 Å². The molecule has 1 aliphatic heterocycles. The summed E-state index contributed by atoms with van der Waals surface area (Å²) in [6.07, 6.45) is 6.96. The molecule has 0 bridgehead atoms. The lowest BCUT2D eigenvalue weighted by Crippen LogP contribution is -2.51. The van der Waals surface area contributed by atoms with Crippen molar-refractivity contribution in [3.63, 3.8) is 0 Å². The fraction of sp³-hybridized carbons (Fsp3) is 0.643. The maximum Gasteiger partial charge on any atom is 0.348 e. The molecule has 40 heavy (non-hydrogen) atoms. The Morgan fingerprint density at radius 3 is 2.10 bits per heavy atom. The Bertz CT molecular complexity index is 1320. The number of rotatable bonds is 7. The monoisotopic (exact) mass is 591 g/mol. The number of carbonyl (C=O) groups is 2. The molecular weight excluding hydrogens is 550 g/mol. The number of anilines is 2. The van der Waals surface area contributed by atoms with E-state index in [9.17, 15) is 23.1 Å². The van der Waals surface area contributed by atoms with Crippen LogP contribution in [-0.2, 0) is 20.2 Å². The molecule has 1 saturated heterocycles. The molecule has 1 aliphatic carbocycles. The lowest BCUT2D eigenvalue weighted by Gasteiger charge is -2.40. The van der Waals surface area contributed by atoms with E-state index in [1.165, 1.54) is 28.0 Å². The molecule has 1 amide bonds. The van der Waals surface area contributed by atoms with Gasteiger partial charge < -0.3 is 14.9 Å². The number of piperidine rings is 1. The number of carbonyl (C=O) groups excluding carboxylic acids is 1. The van der Waals surface area contributed by atoms with Crippen molar-refractivity contribution in [2.24, 2.45) is 11.8 Å². The number of aromatic nitrogens is 2. The summed E-state index contributed by atoms with van der Waals surface area (Å²) in [5.41, 5.74) is 0.170. The van der Waals surface area contributed by atoms with Crippen LogP contribution in [0.4, 0.5) is 11.6 Å². The molecule has 0 aromatic carbocycles. The summed E-state index contributed by atoms with van der Waals surface area (Å²) in [6, 6.07) is 1.57. The second kappa shape index (κ2) is 11.7. The first-order valence-corrected chi connectivity index (χ1v) is 16.2. The average molecular weight is 592 g/mol. The summed E-state index contributed by atoms with van der Waals surface area (Å²) in [5.74, 6) is -0.258. The van der Waals surface area contributed by atoms with Gasteiger partial charge in [-0.2, -0.15) is 4.31 Å². The third kappa shape index (κ3) is 6.33. The van der Waals surface area contributed by atoms with Gasteiger partial charge in [0.15, 0.2) is 0 Å². The average Bonchev–Trinajstić information content (AvgIpc) is 3.36. The number of aromatic carboxylic acids is 1. The zero-order chi connectivity index (χ0) is 29.4. The van der Waals surface area contributed by atoms with Gasteiger partial charge >= 0.3 is 5.97 Å². The molecule has 12 heteroatoms. The summed E-state index contributed by atoms with van der Waals surface area (Å²) < 4.78 is 28.1. The highest BCUT2D eigenvalue weighted by molar-refractivity contribution is 7.89. The SMILES string of the molecule is CN(C)c1ncc(S(=O)(=O)N2CCC(N(c3cc(C(C)(C)C)sc3C(=O)O)C(=O)[C@H]3CC[C@H](C)CC3)CC2)cn1. The van der Waals surface area contributed by atoms with Crippen LogP contribution in [0.3, 0.4) is 0 Å². The Morgan fingerprint density at radius 1 is 1.02 bits per heavy atom. The molecule has 2 aromatic rings. The van der Waals surface area contributed by atoms with Crippen molar-refractivity contribution in [1.29, 1.82) is 0 Å². The zero-order valence-corrected chi connectivity index (χ0v) is 25.9. The molecule has 4 rings (SSSR count). The molecule has 0 unspecified atom stereocenters. The first-order valence-electron chi connectivity index (χ1n) is 13.9. The van der Waals surface area contributed by atoms with Crippen molar-refractivity contribution in [1.82, 2.24) is 14.3 Å². The minimum Gasteiger partial charge on any atom is -0.477 e. The standard InChI is InChI=1S/C28H41N5O5S2/c1-18-7-9-19(10-8-18)25(34)33(22-15-23(28(2,3)4)39-24(22)26(35)36)20-11-13-32(14-12-20)40(37,38)21-16-29-27(30-17-21)31(5)6/h15-20H,7-14H2,1-6H3,(H,35,36)/t18-,19-. The van der Waals surface area contributed by atoms with Crippen molar-refractivity contribution < 1.29 is 23.1 Å². The van der Waals surface area contributed by atoms with E-state index in [1.54, 1.807) is 23.9 Å². The van der Waals surface area contributed by atoms with Crippen molar-refractivity contribution in [2.45, 2.75) is 82.6 Å². The molecule has 0 atom stereocenters. The fourth-order valence-electron chi connectivity index (χ4n) is 5.45. The van der Waals surface area contributed by atoms with E-state index in [0.717, 1.165) is 30.6 Å². The molecule has 0 radical (unpaired) electrons. The molecule has 2 aliphatic rings. The van der Waals surface area contributed by atoms with Crippen molar-refractivity contribution in [2.75, 3.05) is 37.0 Å². The predicted molar refractivity (Wildman–Crippen MR) is 157 cm³/mol. The van der Waals surface area contributed by atoms with Crippen LogP contribution < -0.4 is 9.80 Å². The largest absolute Gasteiger partial charge is 0.477 e. The lowest BCUT2D eigenvalue weighted by atomic mass is 9.82. The highest BCUT2D eigenvalue weighted by Crippen LogP contribution is 2.41. The van der Waals surface area contributed by atoms with E-state index in [0.29, 0.717) is 30.4 Å². The van der Waals surface area contributed by atoms with E-state index >= 15 is 0 Å². The van der Waals surface area contributed by atoms with Gasteiger partial charge in [-0.25, -0.2) is 23.2 Å². The number of carboxylic acid groups (broad SMARTS) is 1. The van der Waals surface area contributed by atoms with Gasteiger partial charge in [0.05, 0.1) is 18.1 Å². The van der Waals surface area contributed by atoms with Crippen LogP contribution in [0.15, 0.2) is 23.4 Å².